The molecule has 1 heterocycles. The first-order chi connectivity index (χ1) is 17.3. The molecular formula is C30H37F2N3O. The molecule has 0 aliphatic heterocycles. The number of hydrogen-bond acceptors (Lipinski definition) is 3. The van der Waals surface area contributed by atoms with Gasteiger partial charge in [-0.1, -0.05) is 56.7 Å². The number of aliphatic imine (C=N–C) groups is 1. The predicted octanol–water partition coefficient (Wildman–Crippen LogP) is 8.12. The number of halogens is 2. The van der Waals surface area contributed by atoms with E-state index in [1.165, 1.54) is 17.8 Å². The Morgan fingerprint density at radius 3 is 2.61 bits per heavy atom. The zero-order chi connectivity index (χ0) is 26.5. The van der Waals surface area contributed by atoms with Crippen molar-refractivity contribution in [3.63, 3.8) is 0 Å². The fourth-order valence-electron chi connectivity index (χ4n) is 3.47. The van der Waals surface area contributed by atoms with Crippen LogP contribution in [-0.4, -0.2) is 24.5 Å². The summed E-state index contributed by atoms with van der Waals surface area (Å²) < 4.78 is 31.6. The van der Waals surface area contributed by atoms with Crippen LogP contribution in [0.1, 0.15) is 63.1 Å². The molecule has 0 bridgehead atoms. The highest BCUT2D eigenvalue weighted by molar-refractivity contribution is 6.02. The molecule has 2 aromatic rings. The standard InChI is InChI=1S/C30H37F2N3O/c1-7-9-10-16-33-30(35-19-22(4)13-12-21(3)11-8-2)26-17-25(18-28(36-6)23(26)5)27-15-14-24(20-34-27)29(31)32/h10-18,20,29H,4,7-9,19H2,1-3,5-6H3,(H,33,35)/b13-12-,16-10+,21-11+. The molecule has 192 valence electrons. The third-order valence-electron chi connectivity index (χ3n) is 5.51. The fourth-order valence-corrected chi connectivity index (χ4v) is 3.47. The summed E-state index contributed by atoms with van der Waals surface area (Å²) in [5, 5.41) is 3.32. The van der Waals surface area contributed by atoms with Gasteiger partial charge in [0.05, 0.1) is 19.3 Å². The van der Waals surface area contributed by atoms with E-state index in [2.05, 4.69) is 49.8 Å². The average molecular weight is 494 g/mol. The van der Waals surface area contributed by atoms with Crippen LogP contribution in [0.25, 0.3) is 11.3 Å². The van der Waals surface area contributed by atoms with Crippen molar-refractivity contribution >= 4 is 5.84 Å². The van der Waals surface area contributed by atoms with Crippen molar-refractivity contribution in [1.82, 2.24) is 10.3 Å². The summed E-state index contributed by atoms with van der Waals surface area (Å²) in [6, 6.07) is 6.80. The van der Waals surface area contributed by atoms with Crippen LogP contribution < -0.4 is 10.1 Å². The number of alkyl halides is 2. The average Bonchev–Trinajstić information content (AvgIpc) is 2.87. The molecule has 0 saturated heterocycles. The Hall–Kier alpha value is -3.54. The number of amidine groups is 1. The number of nitrogens with one attached hydrogen (secondary N) is 1. The number of methoxy groups -OCH3 is 1. The van der Waals surface area contributed by atoms with Gasteiger partial charge in [0.15, 0.2) is 0 Å². The lowest BCUT2D eigenvalue weighted by Crippen LogP contribution is -2.21. The third kappa shape index (κ3) is 8.59. The summed E-state index contributed by atoms with van der Waals surface area (Å²) in [5.74, 6) is 1.33. The molecule has 1 aromatic carbocycles. The van der Waals surface area contributed by atoms with Gasteiger partial charge >= 0.3 is 0 Å². The lowest BCUT2D eigenvalue weighted by molar-refractivity contribution is 0.151. The molecule has 0 amide bonds. The smallest absolute Gasteiger partial charge is 0.265 e. The summed E-state index contributed by atoms with van der Waals surface area (Å²) in [6.07, 6.45) is 11.7. The second-order valence-corrected chi connectivity index (χ2v) is 8.48. The van der Waals surface area contributed by atoms with Crippen LogP contribution in [0.2, 0.25) is 0 Å². The largest absolute Gasteiger partial charge is 0.496 e. The van der Waals surface area contributed by atoms with Crippen molar-refractivity contribution < 1.29 is 13.5 Å². The van der Waals surface area contributed by atoms with Gasteiger partial charge in [-0.25, -0.2) is 8.78 Å². The number of nitrogens with zero attached hydrogens (tertiary/aromatic N) is 2. The minimum Gasteiger partial charge on any atom is -0.496 e. The molecule has 0 radical (unpaired) electrons. The molecule has 0 spiro atoms. The van der Waals surface area contributed by atoms with Gasteiger partial charge < -0.3 is 10.1 Å². The Balaban J connectivity index is 2.48. The minimum absolute atomic E-state index is 0.112. The first kappa shape index (κ1) is 28.7. The molecule has 6 heteroatoms. The molecule has 4 nitrogen and oxygen atoms in total. The highest BCUT2D eigenvalue weighted by atomic mass is 19.3. The van der Waals surface area contributed by atoms with Gasteiger partial charge in [0.2, 0.25) is 0 Å². The maximum absolute atomic E-state index is 13.0. The Morgan fingerprint density at radius 1 is 1.22 bits per heavy atom. The summed E-state index contributed by atoms with van der Waals surface area (Å²) in [6.45, 7) is 12.8. The molecule has 0 saturated carbocycles. The quantitative estimate of drug-likeness (QED) is 0.184. The SMILES string of the molecule is C=C(/C=C\C(C)=C\CC)CN=C(N/C=C/CCC)c1cc(-c2ccc(C(F)F)cn2)cc(OC)c1C. The van der Waals surface area contributed by atoms with Crippen LogP contribution in [0.15, 0.2) is 83.7 Å². The van der Waals surface area contributed by atoms with E-state index in [-0.39, 0.29) is 5.56 Å². The molecular weight excluding hydrogens is 456 g/mol. The normalized spacial score (nSPS) is 12.7. The van der Waals surface area contributed by atoms with E-state index in [0.717, 1.165) is 41.5 Å². The molecule has 0 fully saturated rings. The lowest BCUT2D eigenvalue weighted by atomic mass is 10.00. The summed E-state index contributed by atoms with van der Waals surface area (Å²) in [7, 11) is 1.60. The van der Waals surface area contributed by atoms with Crippen LogP contribution in [0.4, 0.5) is 8.78 Å². The van der Waals surface area contributed by atoms with Gasteiger partial charge in [-0.3, -0.25) is 9.98 Å². The van der Waals surface area contributed by atoms with E-state index in [9.17, 15) is 8.78 Å². The van der Waals surface area contributed by atoms with Crippen LogP contribution in [0, 0.1) is 6.92 Å². The molecule has 1 aromatic heterocycles. The molecule has 36 heavy (non-hydrogen) atoms. The maximum Gasteiger partial charge on any atom is 0.265 e. The molecule has 0 aliphatic carbocycles. The van der Waals surface area contributed by atoms with Crippen LogP contribution in [0.5, 0.6) is 5.75 Å². The third-order valence-corrected chi connectivity index (χ3v) is 5.51. The number of allylic oxidation sites excluding steroid dienone is 4. The molecule has 2 rings (SSSR count). The van der Waals surface area contributed by atoms with Crippen LogP contribution >= 0.6 is 0 Å². The Morgan fingerprint density at radius 2 is 2.00 bits per heavy atom. The number of unbranched alkanes of at least 4 members (excludes halogenated alkanes) is 1. The van der Waals surface area contributed by atoms with Gasteiger partial charge in [-0.2, -0.15) is 0 Å². The Labute approximate surface area is 214 Å². The van der Waals surface area contributed by atoms with E-state index in [0.29, 0.717) is 23.8 Å². The Bertz CT molecular complexity index is 1130. The second-order valence-electron chi connectivity index (χ2n) is 8.48. The molecule has 0 unspecified atom stereocenters. The number of rotatable bonds is 12. The van der Waals surface area contributed by atoms with Crippen molar-refractivity contribution in [2.45, 2.75) is 53.4 Å². The maximum atomic E-state index is 13.0. The number of ether oxygens (including phenoxy) is 1. The number of benzene rings is 1. The zero-order valence-electron chi connectivity index (χ0n) is 21.9. The number of hydrogen-bond donors (Lipinski definition) is 1. The van der Waals surface area contributed by atoms with Gasteiger partial charge in [0.25, 0.3) is 6.43 Å². The zero-order valence-corrected chi connectivity index (χ0v) is 21.9. The van der Waals surface area contributed by atoms with E-state index < -0.39 is 6.43 Å². The highest BCUT2D eigenvalue weighted by Gasteiger charge is 2.15. The summed E-state index contributed by atoms with van der Waals surface area (Å²) >= 11 is 0. The first-order valence-corrected chi connectivity index (χ1v) is 12.2. The monoisotopic (exact) mass is 493 g/mol. The van der Waals surface area contributed by atoms with Gasteiger partial charge in [0.1, 0.15) is 11.6 Å². The first-order valence-electron chi connectivity index (χ1n) is 12.2. The van der Waals surface area contributed by atoms with Gasteiger partial charge in [-0.15, -0.1) is 0 Å². The van der Waals surface area contributed by atoms with Crippen LogP contribution in [0.3, 0.4) is 0 Å². The summed E-state index contributed by atoms with van der Waals surface area (Å²) in [4.78, 5) is 9.09. The molecule has 0 aliphatic rings. The summed E-state index contributed by atoms with van der Waals surface area (Å²) in [5.41, 5.74) is 5.01. The topological polar surface area (TPSA) is 46.5 Å². The fraction of sp³-hybridized carbons (Fsp3) is 0.333. The van der Waals surface area contributed by atoms with E-state index in [1.54, 1.807) is 13.2 Å². The minimum atomic E-state index is -2.56. The van der Waals surface area contributed by atoms with Crippen LogP contribution in [-0.2, 0) is 0 Å². The second kappa shape index (κ2) is 14.8. The molecule has 1 N–H and O–H groups in total. The highest BCUT2D eigenvalue weighted by Crippen LogP contribution is 2.30. The van der Waals surface area contributed by atoms with Crippen molar-refractivity contribution in [3.05, 3.63) is 95.4 Å². The predicted molar refractivity (Wildman–Crippen MR) is 147 cm³/mol. The lowest BCUT2D eigenvalue weighted by Gasteiger charge is -2.16. The van der Waals surface area contributed by atoms with Crippen molar-refractivity contribution in [3.8, 4) is 17.0 Å². The Kier molecular flexibility index (Phi) is 11.8. The van der Waals surface area contributed by atoms with Gasteiger partial charge in [-0.05, 0) is 62.7 Å². The molecule has 0 atom stereocenters. The van der Waals surface area contributed by atoms with Crippen molar-refractivity contribution in [2.24, 2.45) is 4.99 Å². The van der Waals surface area contributed by atoms with Crippen molar-refractivity contribution in [1.29, 1.82) is 0 Å². The number of aromatic nitrogens is 1. The van der Waals surface area contributed by atoms with Crippen molar-refractivity contribution in [2.75, 3.05) is 13.7 Å². The van der Waals surface area contributed by atoms with E-state index in [1.807, 2.05) is 37.4 Å². The van der Waals surface area contributed by atoms with Gasteiger partial charge in [0, 0.05) is 28.5 Å². The van der Waals surface area contributed by atoms with E-state index in [4.69, 9.17) is 9.73 Å². The van der Waals surface area contributed by atoms with E-state index >= 15 is 0 Å². The number of pyridine rings is 1.